The van der Waals surface area contributed by atoms with Gasteiger partial charge in [0.2, 0.25) is 15.9 Å². The van der Waals surface area contributed by atoms with Crippen molar-refractivity contribution in [2.45, 2.75) is 56.3 Å². The summed E-state index contributed by atoms with van der Waals surface area (Å²) in [6.45, 7) is 1.87. The average Bonchev–Trinajstić information content (AvgIpc) is 2.43. The van der Waals surface area contributed by atoms with Crippen LogP contribution in [0, 0.1) is 0 Å². The lowest BCUT2D eigenvalue weighted by Crippen LogP contribution is -2.17. The van der Waals surface area contributed by atoms with Gasteiger partial charge in [-0.2, -0.15) is 0 Å². The summed E-state index contributed by atoms with van der Waals surface area (Å²) in [5, 5.41) is 5.16. The highest BCUT2D eigenvalue weighted by molar-refractivity contribution is 7.89. The van der Waals surface area contributed by atoms with E-state index in [2.05, 4.69) is 0 Å². The minimum Gasteiger partial charge on any atom is -0.497 e. The van der Waals surface area contributed by atoms with Crippen LogP contribution in [0.15, 0.2) is 23.1 Å². The number of halogens is 2. The van der Waals surface area contributed by atoms with E-state index < -0.39 is 15.9 Å². The van der Waals surface area contributed by atoms with E-state index in [0.29, 0.717) is 17.7 Å². The Hall–Kier alpha value is -1.21. The average molecular weight is 335 g/mol. The van der Waals surface area contributed by atoms with E-state index in [4.69, 9.17) is 9.88 Å². The van der Waals surface area contributed by atoms with Crippen molar-refractivity contribution in [2.75, 3.05) is 7.11 Å². The molecule has 0 heterocycles. The van der Waals surface area contributed by atoms with E-state index >= 15 is 0 Å². The van der Waals surface area contributed by atoms with Crippen LogP contribution in [0.1, 0.15) is 44.6 Å². The normalized spacial score (nSPS) is 12.4. The number of hydrogen-bond acceptors (Lipinski definition) is 3. The Kier molecular flexibility index (Phi) is 6.74. The summed E-state index contributed by atoms with van der Waals surface area (Å²) < 4.78 is 55.4. The number of hydrogen-bond donors (Lipinski definition) is 1. The monoisotopic (exact) mass is 335 g/mol. The van der Waals surface area contributed by atoms with Gasteiger partial charge in [-0.25, -0.2) is 22.3 Å². The number of rotatable bonds is 9. The highest BCUT2D eigenvalue weighted by Gasteiger charge is 2.27. The van der Waals surface area contributed by atoms with Crippen molar-refractivity contribution in [3.8, 4) is 5.75 Å². The quantitative estimate of drug-likeness (QED) is 0.751. The summed E-state index contributed by atoms with van der Waals surface area (Å²) in [5.74, 6) is -2.24. The molecule has 0 saturated heterocycles. The van der Waals surface area contributed by atoms with Crippen molar-refractivity contribution in [3.05, 3.63) is 23.8 Å². The molecule has 2 N–H and O–H groups in total. The van der Waals surface area contributed by atoms with Gasteiger partial charge in [-0.1, -0.05) is 13.3 Å². The number of benzene rings is 1. The van der Waals surface area contributed by atoms with E-state index in [9.17, 15) is 17.2 Å². The zero-order valence-electron chi connectivity index (χ0n) is 12.9. The Morgan fingerprint density at radius 1 is 1.23 bits per heavy atom. The largest absolute Gasteiger partial charge is 0.497 e. The summed E-state index contributed by atoms with van der Waals surface area (Å²) in [5.41, 5.74) is 0.410. The minimum atomic E-state index is -3.88. The molecule has 0 aliphatic rings. The van der Waals surface area contributed by atoms with Crippen LogP contribution in [0.2, 0.25) is 0 Å². The molecule has 0 amide bonds. The third kappa shape index (κ3) is 5.88. The molecule has 1 aromatic carbocycles. The fourth-order valence-corrected chi connectivity index (χ4v) is 3.04. The van der Waals surface area contributed by atoms with E-state index in [0.717, 1.165) is 6.42 Å². The number of primary sulfonamides is 1. The molecule has 0 aromatic heterocycles. The van der Waals surface area contributed by atoms with Crippen LogP contribution in [0.5, 0.6) is 5.75 Å². The molecular formula is C15H23F2NO3S. The Labute approximate surface area is 130 Å². The zero-order valence-corrected chi connectivity index (χ0v) is 13.8. The first kappa shape index (κ1) is 18.8. The van der Waals surface area contributed by atoms with Crippen LogP contribution >= 0.6 is 0 Å². The number of methoxy groups -OCH3 is 1. The Morgan fingerprint density at radius 3 is 2.41 bits per heavy atom. The summed E-state index contributed by atoms with van der Waals surface area (Å²) in [4.78, 5) is -0.0369. The highest BCUT2D eigenvalue weighted by Crippen LogP contribution is 2.29. The van der Waals surface area contributed by atoms with E-state index in [1.54, 1.807) is 0 Å². The highest BCUT2D eigenvalue weighted by atomic mass is 32.2. The summed E-state index contributed by atoms with van der Waals surface area (Å²) in [6, 6.07) is 4.36. The fourth-order valence-electron chi connectivity index (χ4n) is 2.25. The Morgan fingerprint density at radius 2 is 1.86 bits per heavy atom. The molecule has 0 aliphatic heterocycles. The van der Waals surface area contributed by atoms with Crippen LogP contribution in [0.3, 0.4) is 0 Å². The molecule has 22 heavy (non-hydrogen) atoms. The second kappa shape index (κ2) is 7.87. The van der Waals surface area contributed by atoms with Crippen LogP contribution in [0.4, 0.5) is 8.78 Å². The van der Waals surface area contributed by atoms with Gasteiger partial charge in [-0.3, -0.25) is 0 Å². The van der Waals surface area contributed by atoms with Gasteiger partial charge in [-0.15, -0.1) is 0 Å². The van der Waals surface area contributed by atoms with Crippen molar-refractivity contribution in [1.29, 1.82) is 0 Å². The molecule has 126 valence electrons. The van der Waals surface area contributed by atoms with Crippen molar-refractivity contribution >= 4 is 10.0 Å². The Bertz CT molecular complexity index is 588. The summed E-state index contributed by atoms with van der Waals surface area (Å²) >= 11 is 0. The second-order valence-corrected chi connectivity index (χ2v) is 6.86. The van der Waals surface area contributed by atoms with Gasteiger partial charge in [0.1, 0.15) is 5.75 Å². The number of unbranched alkanes of at least 4 members (excludes halogenated alkanes) is 1. The topological polar surface area (TPSA) is 69.4 Å². The summed E-state index contributed by atoms with van der Waals surface area (Å²) in [7, 11) is -2.43. The first-order valence-electron chi connectivity index (χ1n) is 7.27. The van der Waals surface area contributed by atoms with E-state index in [1.165, 1.54) is 25.3 Å². The van der Waals surface area contributed by atoms with Gasteiger partial charge in [0, 0.05) is 12.8 Å². The zero-order chi connectivity index (χ0) is 16.8. The lowest BCUT2D eigenvalue weighted by atomic mass is 10.0. The number of alkyl halides is 2. The number of sulfonamides is 1. The smallest absolute Gasteiger partial charge is 0.248 e. The first-order valence-corrected chi connectivity index (χ1v) is 8.82. The van der Waals surface area contributed by atoms with Crippen molar-refractivity contribution < 1.29 is 21.9 Å². The maximum absolute atomic E-state index is 13.6. The molecule has 0 saturated carbocycles. The third-order valence-corrected chi connectivity index (χ3v) is 4.47. The molecule has 0 atom stereocenters. The van der Waals surface area contributed by atoms with Crippen molar-refractivity contribution in [3.63, 3.8) is 0 Å². The van der Waals surface area contributed by atoms with Gasteiger partial charge in [0.05, 0.1) is 12.0 Å². The summed E-state index contributed by atoms with van der Waals surface area (Å²) in [6.07, 6.45) is 1.20. The fraction of sp³-hybridized carbons (Fsp3) is 0.600. The molecule has 1 rings (SSSR count). The molecule has 0 bridgehead atoms. The van der Waals surface area contributed by atoms with Gasteiger partial charge in [-0.05, 0) is 43.0 Å². The number of aryl methyl sites for hydroxylation is 1. The lowest BCUT2D eigenvalue weighted by molar-refractivity contribution is -0.0196. The molecule has 0 aliphatic carbocycles. The molecule has 1 aromatic rings. The second-order valence-electron chi connectivity index (χ2n) is 5.33. The maximum atomic E-state index is 13.6. The van der Waals surface area contributed by atoms with E-state index in [-0.39, 0.29) is 30.6 Å². The predicted octanol–water partition coefficient (Wildman–Crippen LogP) is 3.49. The van der Waals surface area contributed by atoms with Crippen molar-refractivity contribution in [2.24, 2.45) is 5.14 Å². The standard InChI is InChI=1S/C15H23F2NO3S/c1-3-4-9-15(16,17)10-5-6-12-11-13(21-2)7-8-14(12)22(18,19)20/h7-8,11H,3-6,9-10H2,1-2H3,(H2,18,19,20). The molecule has 0 unspecified atom stereocenters. The van der Waals surface area contributed by atoms with E-state index in [1.807, 2.05) is 6.92 Å². The molecule has 4 nitrogen and oxygen atoms in total. The van der Waals surface area contributed by atoms with Gasteiger partial charge >= 0.3 is 0 Å². The molecule has 0 fully saturated rings. The van der Waals surface area contributed by atoms with Crippen LogP contribution in [-0.2, 0) is 16.4 Å². The van der Waals surface area contributed by atoms with Crippen LogP contribution < -0.4 is 9.88 Å². The SMILES string of the molecule is CCCCC(F)(F)CCCc1cc(OC)ccc1S(N)(=O)=O. The first-order chi connectivity index (χ1) is 10.2. The molecule has 0 radical (unpaired) electrons. The number of nitrogens with two attached hydrogens (primary N) is 1. The van der Waals surface area contributed by atoms with Gasteiger partial charge in [0.25, 0.3) is 0 Å². The molecular weight excluding hydrogens is 312 g/mol. The van der Waals surface area contributed by atoms with Crippen LogP contribution in [0.25, 0.3) is 0 Å². The van der Waals surface area contributed by atoms with Gasteiger partial charge < -0.3 is 4.74 Å². The van der Waals surface area contributed by atoms with Crippen molar-refractivity contribution in [1.82, 2.24) is 0 Å². The Balaban J connectivity index is 2.80. The minimum absolute atomic E-state index is 0.0369. The molecule has 7 heteroatoms. The van der Waals surface area contributed by atoms with Crippen LogP contribution in [-0.4, -0.2) is 21.5 Å². The lowest BCUT2D eigenvalue weighted by Gasteiger charge is -2.16. The third-order valence-electron chi connectivity index (χ3n) is 3.46. The molecule has 0 spiro atoms. The van der Waals surface area contributed by atoms with Gasteiger partial charge in [0.15, 0.2) is 0 Å². The number of ether oxygens (including phenoxy) is 1. The predicted molar refractivity (Wildman–Crippen MR) is 81.8 cm³/mol. The maximum Gasteiger partial charge on any atom is 0.248 e.